The van der Waals surface area contributed by atoms with Crippen molar-refractivity contribution in [3.63, 3.8) is 0 Å². The maximum atomic E-state index is 12.8. The predicted molar refractivity (Wildman–Crippen MR) is 59.1 cm³/mol. The van der Waals surface area contributed by atoms with E-state index in [0.717, 1.165) is 6.07 Å². The molecule has 0 amide bonds. The summed E-state index contributed by atoms with van der Waals surface area (Å²) in [5, 5.41) is 3.48. The molecule has 0 aliphatic carbocycles. The molecule has 0 aliphatic rings. The third-order valence-electron chi connectivity index (χ3n) is 2.34. The van der Waals surface area contributed by atoms with Crippen molar-refractivity contribution in [2.24, 2.45) is 0 Å². The van der Waals surface area contributed by atoms with Crippen LogP contribution >= 0.6 is 0 Å². The lowest BCUT2D eigenvalue weighted by Crippen LogP contribution is -2.07. The van der Waals surface area contributed by atoms with Crippen molar-refractivity contribution in [1.82, 2.24) is 10.1 Å². The molecule has 0 saturated carbocycles. The SMILES string of the molecule is CC(=O)Cc1noc(-c2ccccc2C(F)(F)F)n1. The van der Waals surface area contributed by atoms with E-state index in [-0.39, 0.29) is 29.5 Å². The summed E-state index contributed by atoms with van der Waals surface area (Å²) < 4.78 is 43.2. The summed E-state index contributed by atoms with van der Waals surface area (Å²) in [7, 11) is 0. The van der Waals surface area contributed by atoms with E-state index >= 15 is 0 Å². The number of alkyl halides is 3. The first-order valence-corrected chi connectivity index (χ1v) is 5.36. The summed E-state index contributed by atoms with van der Waals surface area (Å²) >= 11 is 0. The van der Waals surface area contributed by atoms with Gasteiger partial charge in [0.1, 0.15) is 5.78 Å². The van der Waals surface area contributed by atoms with Crippen molar-refractivity contribution >= 4 is 5.78 Å². The summed E-state index contributed by atoms with van der Waals surface area (Å²) in [4.78, 5) is 14.7. The van der Waals surface area contributed by atoms with Crippen molar-refractivity contribution in [3.05, 3.63) is 35.7 Å². The average molecular weight is 270 g/mol. The zero-order valence-corrected chi connectivity index (χ0v) is 9.86. The quantitative estimate of drug-likeness (QED) is 0.860. The van der Waals surface area contributed by atoms with Gasteiger partial charge in [0.05, 0.1) is 17.5 Å². The molecule has 2 aromatic rings. The van der Waals surface area contributed by atoms with Crippen molar-refractivity contribution in [3.8, 4) is 11.5 Å². The van der Waals surface area contributed by atoms with Crippen LogP contribution in [0, 0.1) is 0 Å². The Morgan fingerprint density at radius 3 is 2.63 bits per heavy atom. The Bertz CT molecular complexity index is 605. The molecule has 0 spiro atoms. The summed E-state index contributed by atoms with van der Waals surface area (Å²) in [5.41, 5.74) is -1.05. The van der Waals surface area contributed by atoms with Gasteiger partial charge in [0, 0.05) is 0 Å². The molecule has 0 bridgehead atoms. The summed E-state index contributed by atoms with van der Waals surface area (Å²) in [6, 6.07) is 4.90. The van der Waals surface area contributed by atoms with Crippen LogP contribution in [0.5, 0.6) is 0 Å². The van der Waals surface area contributed by atoms with Gasteiger partial charge in [0.2, 0.25) is 0 Å². The minimum atomic E-state index is -4.51. The predicted octanol–water partition coefficient (Wildman–Crippen LogP) is 2.89. The van der Waals surface area contributed by atoms with Crippen LogP contribution in [0.4, 0.5) is 13.2 Å². The Kier molecular flexibility index (Phi) is 3.37. The Hall–Kier alpha value is -2.18. The van der Waals surface area contributed by atoms with Crippen molar-refractivity contribution in [1.29, 1.82) is 0 Å². The molecule has 0 unspecified atom stereocenters. The molecular formula is C12H9F3N2O2. The average Bonchev–Trinajstić information content (AvgIpc) is 2.75. The van der Waals surface area contributed by atoms with Crippen molar-refractivity contribution < 1.29 is 22.5 Å². The molecule has 0 saturated heterocycles. The molecule has 2 rings (SSSR count). The summed E-state index contributed by atoms with van der Waals surface area (Å²) in [6.45, 7) is 1.33. The minimum Gasteiger partial charge on any atom is -0.334 e. The third kappa shape index (κ3) is 2.98. The summed E-state index contributed by atoms with van der Waals surface area (Å²) in [5.74, 6) is -0.375. The molecule has 100 valence electrons. The summed E-state index contributed by atoms with van der Waals surface area (Å²) in [6.07, 6.45) is -4.58. The van der Waals surface area contributed by atoms with Gasteiger partial charge in [-0.2, -0.15) is 18.2 Å². The molecule has 0 radical (unpaired) electrons. The van der Waals surface area contributed by atoms with Crippen LogP contribution in [0.2, 0.25) is 0 Å². The van der Waals surface area contributed by atoms with Gasteiger partial charge in [-0.3, -0.25) is 4.79 Å². The largest absolute Gasteiger partial charge is 0.417 e. The van der Waals surface area contributed by atoms with Crippen LogP contribution in [-0.2, 0) is 17.4 Å². The van der Waals surface area contributed by atoms with E-state index < -0.39 is 11.7 Å². The Labute approximate surface area is 106 Å². The molecule has 1 aromatic carbocycles. The normalized spacial score (nSPS) is 11.6. The molecule has 0 N–H and O–H groups in total. The number of rotatable bonds is 3. The number of carbonyl (C=O) groups excluding carboxylic acids is 1. The Balaban J connectivity index is 2.42. The number of nitrogens with zero attached hydrogens (tertiary/aromatic N) is 2. The molecule has 0 aliphatic heterocycles. The lowest BCUT2D eigenvalue weighted by Gasteiger charge is -2.09. The molecular weight excluding hydrogens is 261 g/mol. The van der Waals surface area contributed by atoms with Gasteiger partial charge in [-0.15, -0.1) is 0 Å². The van der Waals surface area contributed by atoms with Gasteiger partial charge in [-0.25, -0.2) is 0 Å². The second-order valence-electron chi connectivity index (χ2n) is 3.94. The smallest absolute Gasteiger partial charge is 0.334 e. The Morgan fingerprint density at radius 2 is 2.00 bits per heavy atom. The highest BCUT2D eigenvalue weighted by Gasteiger charge is 2.34. The first-order chi connectivity index (χ1) is 8.88. The van der Waals surface area contributed by atoms with E-state index in [2.05, 4.69) is 10.1 Å². The lowest BCUT2D eigenvalue weighted by atomic mass is 10.1. The minimum absolute atomic E-state index is 0.0690. The van der Waals surface area contributed by atoms with Crippen LogP contribution in [0.1, 0.15) is 18.3 Å². The maximum absolute atomic E-state index is 12.8. The van der Waals surface area contributed by atoms with Crippen LogP contribution in [0.3, 0.4) is 0 Å². The first kappa shape index (κ1) is 13.3. The maximum Gasteiger partial charge on any atom is 0.417 e. The fourth-order valence-corrected chi connectivity index (χ4v) is 1.57. The molecule has 0 atom stereocenters. The first-order valence-electron chi connectivity index (χ1n) is 5.36. The second-order valence-corrected chi connectivity index (χ2v) is 3.94. The number of hydrogen-bond acceptors (Lipinski definition) is 4. The zero-order valence-electron chi connectivity index (χ0n) is 9.86. The lowest BCUT2D eigenvalue weighted by molar-refractivity contribution is -0.137. The molecule has 1 heterocycles. The fourth-order valence-electron chi connectivity index (χ4n) is 1.57. The van der Waals surface area contributed by atoms with Gasteiger partial charge in [0.25, 0.3) is 5.89 Å². The number of carbonyl (C=O) groups is 1. The zero-order chi connectivity index (χ0) is 14.0. The van der Waals surface area contributed by atoms with Gasteiger partial charge < -0.3 is 4.52 Å². The third-order valence-corrected chi connectivity index (χ3v) is 2.34. The van der Waals surface area contributed by atoms with Crippen LogP contribution in [0.25, 0.3) is 11.5 Å². The van der Waals surface area contributed by atoms with E-state index in [1.54, 1.807) is 0 Å². The fraction of sp³-hybridized carbons (Fsp3) is 0.250. The van der Waals surface area contributed by atoms with Gasteiger partial charge in [-0.05, 0) is 19.1 Å². The molecule has 7 heteroatoms. The monoisotopic (exact) mass is 270 g/mol. The van der Waals surface area contributed by atoms with E-state index in [9.17, 15) is 18.0 Å². The number of benzene rings is 1. The van der Waals surface area contributed by atoms with Gasteiger partial charge >= 0.3 is 6.18 Å². The van der Waals surface area contributed by atoms with E-state index in [1.807, 2.05) is 0 Å². The molecule has 1 aromatic heterocycles. The van der Waals surface area contributed by atoms with Gasteiger partial charge in [-0.1, -0.05) is 17.3 Å². The number of halogens is 3. The topological polar surface area (TPSA) is 56.0 Å². The van der Waals surface area contributed by atoms with Crippen LogP contribution < -0.4 is 0 Å². The number of hydrogen-bond donors (Lipinski definition) is 0. The number of Topliss-reactive ketones (excluding diaryl/α,β-unsaturated/α-hetero) is 1. The van der Waals surface area contributed by atoms with Gasteiger partial charge in [0.15, 0.2) is 5.82 Å². The van der Waals surface area contributed by atoms with E-state index in [1.165, 1.54) is 25.1 Å². The molecule has 0 fully saturated rings. The molecule has 4 nitrogen and oxygen atoms in total. The van der Waals surface area contributed by atoms with Crippen molar-refractivity contribution in [2.45, 2.75) is 19.5 Å². The van der Waals surface area contributed by atoms with Crippen LogP contribution in [0.15, 0.2) is 28.8 Å². The second kappa shape index (κ2) is 4.83. The highest BCUT2D eigenvalue weighted by Crippen LogP contribution is 2.36. The van der Waals surface area contributed by atoms with E-state index in [0.29, 0.717) is 0 Å². The van der Waals surface area contributed by atoms with Crippen molar-refractivity contribution in [2.75, 3.05) is 0 Å². The number of ketones is 1. The number of aromatic nitrogens is 2. The highest BCUT2D eigenvalue weighted by atomic mass is 19.4. The Morgan fingerprint density at radius 1 is 1.32 bits per heavy atom. The van der Waals surface area contributed by atoms with Crippen LogP contribution in [-0.4, -0.2) is 15.9 Å². The van der Waals surface area contributed by atoms with E-state index in [4.69, 9.17) is 4.52 Å². The standard InChI is InChI=1S/C12H9F3N2O2/c1-7(18)6-10-16-11(19-17-10)8-4-2-3-5-9(8)12(13,14)15/h2-5H,6H2,1H3. The molecule has 19 heavy (non-hydrogen) atoms. The highest BCUT2D eigenvalue weighted by molar-refractivity contribution is 5.77.